The summed E-state index contributed by atoms with van der Waals surface area (Å²) in [4.78, 5) is 24.3. The normalized spacial score (nSPS) is 10.2. The first-order valence-corrected chi connectivity index (χ1v) is 7.88. The maximum absolute atomic E-state index is 12.3. The fourth-order valence-electron chi connectivity index (χ4n) is 2.09. The molecular formula is C18H19ClN2O3. The Bertz CT molecular complexity index is 719. The zero-order chi connectivity index (χ0) is 17.4. The van der Waals surface area contributed by atoms with Gasteiger partial charge in [-0.3, -0.25) is 9.59 Å². The second-order valence-corrected chi connectivity index (χ2v) is 5.51. The molecule has 0 aromatic heterocycles. The van der Waals surface area contributed by atoms with Crippen molar-refractivity contribution in [2.24, 2.45) is 0 Å². The van der Waals surface area contributed by atoms with Gasteiger partial charge in [-0.05, 0) is 29.8 Å². The van der Waals surface area contributed by atoms with Crippen molar-refractivity contribution in [3.63, 3.8) is 0 Å². The third-order valence-electron chi connectivity index (χ3n) is 3.38. The minimum absolute atomic E-state index is 0.243. The minimum Gasteiger partial charge on any atom is -0.383 e. The fraction of sp³-hybridized carbons (Fsp3) is 0.222. The first-order valence-electron chi connectivity index (χ1n) is 7.50. The fourth-order valence-corrected chi connectivity index (χ4v) is 2.29. The third kappa shape index (κ3) is 5.08. The number of ether oxygens (including phenoxy) is 1. The van der Waals surface area contributed by atoms with Crippen LogP contribution in [0.2, 0.25) is 5.02 Å². The summed E-state index contributed by atoms with van der Waals surface area (Å²) in [7, 11) is 1.57. The molecule has 0 spiro atoms. The van der Waals surface area contributed by atoms with Gasteiger partial charge in [0.25, 0.3) is 11.8 Å². The molecule has 2 aromatic rings. The number of benzene rings is 2. The zero-order valence-corrected chi connectivity index (χ0v) is 14.1. The van der Waals surface area contributed by atoms with Crippen molar-refractivity contribution < 1.29 is 14.3 Å². The number of rotatable bonds is 7. The van der Waals surface area contributed by atoms with Gasteiger partial charge in [-0.1, -0.05) is 35.9 Å². The smallest absolute Gasteiger partial charge is 0.251 e. The molecule has 0 unspecified atom stereocenters. The Morgan fingerprint density at radius 3 is 2.33 bits per heavy atom. The van der Waals surface area contributed by atoms with Gasteiger partial charge in [0.1, 0.15) is 0 Å². The highest BCUT2D eigenvalue weighted by atomic mass is 35.5. The van der Waals surface area contributed by atoms with E-state index in [2.05, 4.69) is 10.6 Å². The van der Waals surface area contributed by atoms with E-state index in [9.17, 15) is 9.59 Å². The van der Waals surface area contributed by atoms with Gasteiger partial charge in [0.05, 0.1) is 6.61 Å². The molecule has 0 atom stereocenters. The van der Waals surface area contributed by atoms with Gasteiger partial charge in [-0.25, -0.2) is 0 Å². The largest absolute Gasteiger partial charge is 0.383 e. The lowest BCUT2D eigenvalue weighted by atomic mass is 10.1. The van der Waals surface area contributed by atoms with E-state index in [4.69, 9.17) is 16.3 Å². The van der Waals surface area contributed by atoms with Crippen LogP contribution in [0.5, 0.6) is 0 Å². The van der Waals surface area contributed by atoms with Gasteiger partial charge in [0.2, 0.25) is 0 Å². The maximum atomic E-state index is 12.3. The van der Waals surface area contributed by atoms with E-state index in [1.807, 2.05) is 18.2 Å². The monoisotopic (exact) mass is 346 g/mol. The van der Waals surface area contributed by atoms with E-state index in [1.165, 1.54) is 0 Å². The molecule has 0 fully saturated rings. The van der Waals surface area contributed by atoms with Crippen LogP contribution in [0.3, 0.4) is 0 Å². The van der Waals surface area contributed by atoms with Crippen LogP contribution in [0.15, 0.2) is 48.5 Å². The lowest BCUT2D eigenvalue weighted by Crippen LogP contribution is -2.27. The molecule has 6 heteroatoms. The number of nitrogens with one attached hydrogen (secondary N) is 2. The summed E-state index contributed by atoms with van der Waals surface area (Å²) in [5.74, 6) is -0.505. The molecule has 2 N–H and O–H groups in total. The molecule has 5 nitrogen and oxygen atoms in total. The SMILES string of the molecule is COCCNC(=O)c1cccc(C(=O)NCc2ccccc2Cl)c1. The summed E-state index contributed by atoms with van der Waals surface area (Å²) in [5, 5.41) is 6.12. The Morgan fingerprint density at radius 2 is 1.67 bits per heavy atom. The summed E-state index contributed by atoms with van der Waals surface area (Å²) >= 11 is 6.07. The van der Waals surface area contributed by atoms with Crippen LogP contribution in [0.25, 0.3) is 0 Å². The quantitative estimate of drug-likeness (QED) is 0.757. The number of carbonyl (C=O) groups is 2. The molecular weight excluding hydrogens is 328 g/mol. The molecule has 126 valence electrons. The molecule has 2 aromatic carbocycles. The minimum atomic E-state index is -0.263. The lowest BCUT2D eigenvalue weighted by Gasteiger charge is -2.09. The van der Waals surface area contributed by atoms with Gasteiger partial charge in [-0.15, -0.1) is 0 Å². The molecule has 0 heterocycles. The molecule has 2 amide bonds. The van der Waals surface area contributed by atoms with Crippen LogP contribution in [0.4, 0.5) is 0 Å². The van der Waals surface area contributed by atoms with E-state index in [0.717, 1.165) is 5.56 Å². The van der Waals surface area contributed by atoms with Gasteiger partial charge < -0.3 is 15.4 Å². The summed E-state index contributed by atoms with van der Waals surface area (Å²) in [6.07, 6.45) is 0. The Kier molecular flexibility index (Phi) is 6.78. The van der Waals surface area contributed by atoms with E-state index in [0.29, 0.717) is 35.8 Å². The van der Waals surface area contributed by atoms with Crippen LogP contribution in [-0.4, -0.2) is 32.1 Å². The standard InChI is InChI=1S/C18H19ClN2O3/c1-24-10-9-20-17(22)13-6-4-7-14(11-13)18(23)21-12-15-5-2-3-8-16(15)19/h2-8,11H,9-10,12H2,1H3,(H,20,22)(H,21,23). The second-order valence-electron chi connectivity index (χ2n) is 5.10. The molecule has 0 aliphatic carbocycles. The highest BCUT2D eigenvalue weighted by Crippen LogP contribution is 2.14. The van der Waals surface area contributed by atoms with Crippen LogP contribution in [0.1, 0.15) is 26.3 Å². The van der Waals surface area contributed by atoms with Crippen molar-refractivity contribution in [2.75, 3.05) is 20.3 Å². The van der Waals surface area contributed by atoms with Crippen molar-refractivity contribution in [3.05, 3.63) is 70.2 Å². The lowest BCUT2D eigenvalue weighted by molar-refractivity contribution is 0.0937. The molecule has 24 heavy (non-hydrogen) atoms. The average molecular weight is 347 g/mol. The molecule has 0 saturated carbocycles. The van der Waals surface area contributed by atoms with Crippen molar-refractivity contribution >= 4 is 23.4 Å². The maximum Gasteiger partial charge on any atom is 0.251 e. The Morgan fingerprint density at radius 1 is 1.00 bits per heavy atom. The van der Waals surface area contributed by atoms with Crippen molar-refractivity contribution in [2.45, 2.75) is 6.54 Å². The third-order valence-corrected chi connectivity index (χ3v) is 3.74. The number of hydrogen-bond donors (Lipinski definition) is 2. The number of methoxy groups -OCH3 is 1. The van der Waals surface area contributed by atoms with Gasteiger partial charge >= 0.3 is 0 Å². The Balaban J connectivity index is 1.98. The zero-order valence-electron chi connectivity index (χ0n) is 13.3. The molecule has 0 aliphatic rings. The summed E-state index contributed by atoms with van der Waals surface area (Å²) in [5.41, 5.74) is 1.68. The van der Waals surface area contributed by atoms with E-state index >= 15 is 0 Å². The van der Waals surface area contributed by atoms with Crippen LogP contribution in [0, 0.1) is 0 Å². The van der Waals surface area contributed by atoms with Crippen LogP contribution in [-0.2, 0) is 11.3 Å². The van der Waals surface area contributed by atoms with Crippen molar-refractivity contribution in [1.29, 1.82) is 0 Å². The highest BCUT2D eigenvalue weighted by Gasteiger charge is 2.10. The van der Waals surface area contributed by atoms with E-state index < -0.39 is 0 Å². The summed E-state index contributed by atoms with van der Waals surface area (Å²) < 4.78 is 4.88. The predicted octanol–water partition coefficient (Wildman–Crippen LogP) is 2.65. The van der Waals surface area contributed by atoms with Gasteiger partial charge in [-0.2, -0.15) is 0 Å². The first kappa shape index (κ1) is 18.0. The summed E-state index contributed by atoms with van der Waals surface area (Å²) in [6.45, 7) is 1.17. The predicted molar refractivity (Wildman–Crippen MR) is 93.3 cm³/mol. The second kappa shape index (κ2) is 9.05. The molecule has 0 radical (unpaired) electrons. The van der Waals surface area contributed by atoms with Crippen molar-refractivity contribution in [3.8, 4) is 0 Å². The summed E-state index contributed by atoms with van der Waals surface area (Å²) in [6, 6.07) is 13.9. The number of carbonyl (C=O) groups excluding carboxylic acids is 2. The van der Waals surface area contributed by atoms with Gasteiger partial charge in [0.15, 0.2) is 0 Å². The highest BCUT2D eigenvalue weighted by molar-refractivity contribution is 6.31. The molecule has 0 aliphatic heterocycles. The van der Waals surface area contributed by atoms with E-state index in [1.54, 1.807) is 37.4 Å². The Labute approximate surface area is 146 Å². The molecule has 0 saturated heterocycles. The average Bonchev–Trinajstić information content (AvgIpc) is 2.61. The first-order chi connectivity index (χ1) is 11.6. The molecule has 2 rings (SSSR count). The number of halogens is 1. The van der Waals surface area contributed by atoms with E-state index in [-0.39, 0.29) is 11.8 Å². The number of amides is 2. The van der Waals surface area contributed by atoms with Crippen LogP contribution >= 0.6 is 11.6 Å². The van der Waals surface area contributed by atoms with Gasteiger partial charge in [0, 0.05) is 36.3 Å². The number of hydrogen-bond acceptors (Lipinski definition) is 3. The topological polar surface area (TPSA) is 67.4 Å². The van der Waals surface area contributed by atoms with Crippen LogP contribution < -0.4 is 10.6 Å². The molecule has 0 bridgehead atoms. The Hall–Kier alpha value is -2.37. The van der Waals surface area contributed by atoms with Crippen molar-refractivity contribution in [1.82, 2.24) is 10.6 Å².